The van der Waals surface area contributed by atoms with Crippen LogP contribution in [0.15, 0.2) is 24.3 Å². The van der Waals surface area contributed by atoms with Gasteiger partial charge in [-0.3, -0.25) is 4.79 Å². The summed E-state index contributed by atoms with van der Waals surface area (Å²) in [6.07, 6.45) is 0. The molecule has 0 N–H and O–H groups in total. The van der Waals surface area contributed by atoms with Gasteiger partial charge in [0.1, 0.15) is 0 Å². The van der Waals surface area contributed by atoms with Crippen molar-refractivity contribution in [3.63, 3.8) is 0 Å². The maximum absolute atomic E-state index is 12.7. The van der Waals surface area contributed by atoms with Gasteiger partial charge in [0, 0.05) is 5.75 Å². The van der Waals surface area contributed by atoms with Crippen LogP contribution in [-0.4, -0.2) is 11.8 Å². The van der Waals surface area contributed by atoms with Crippen LogP contribution >= 0.6 is 11.8 Å². The van der Waals surface area contributed by atoms with Gasteiger partial charge in [-0.05, 0) is 22.8 Å². The van der Waals surface area contributed by atoms with Gasteiger partial charge in [-0.2, -0.15) is 16.2 Å². The summed E-state index contributed by atoms with van der Waals surface area (Å²) < 4.78 is 12.7. The van der Waals surface area contributed by atoms with Crippen molar-refractivity contribution in [3.05, 3.63) is 35.4 Å². The molecule has 0 amide bonds. The lowest BCUT2D eigenvalue weighted by Gasteiger charge is -2.17. The van der Waals surface area contributed by atoms with Gasteiger partial charge in [-0.1, -0.05) is 39.0 Å². The van der Waals surface area contributed by atoms with Crippen LogP contribution in [0.2, 0.25) is 0 Å². The molecule has 1 aromatic rings. The van der Waals surface area contributed by atoms with Gasteiger partial charge < -0.3 is 0 Å². The van der Waals surface area contributed by atoms with E-state index in [9.17, 15) is 9.18 Å². The van der Waals surface area contributed by atoms with Gasteiger partial charge in [-0.15, -0.1) is 0 Å². The van der Waals surface area contributed by atoms with Gasteiger partial charge in [-0.25, -0.2) is 0 Å². The van der Waals surface area contributed by atoms with E-state index < -0.39 is 6.04 Å². The van der Waals surface area contributed by atoms with E-state index in [0.29, 0.717) is 5.75 Å². The Kier molecular flexibility index (Phi) is 4.54. The number of hydrogen-bond acceptors (Lipinski definition) is 2. The summed E-state index contributed by atoms with van der Waals surface area (Å²) in [5.74, 6) is 1.67. The summed E-state index contributed by atoms with van der Waals surface area (Å²) in [7, 11) is 0. The Hall–Kier alpha value is -0.830. The Morgan fingerprint density at radius 1 is 1.31 bits per heavy atom. The van der Waals surface area contributed by atoms with E-state index in [4.69, 9.17) is 0 Å². The van der Waals surface area contributed by atoms with E-state index in [1.165, 1.54) is 6.07 Å². The van der Waals surface area contributed by atoms with Crippen molar-refractivity contribution in [1.29, 1.82) is 0 Å². The monoisotopic (exact) mass is 240 g/mol. The van der Waals surface area contributed by atoms with Crippen molar-refractivity contribution in [2.45, 2.75) is 26.5 Å². The molecule has 0 saturated carbocycles. The Morgan fingerprint density at radius 2 is 1.94 bits per heavy atom. The Morgan fingerprint density at radius 3 is 2.50 bits per heavy atom. The van der Waals surface area contributed by atoms with E-state index in [1.54, 1.807) is 17.8 Å². The highest BCUT2D eigenvalue weighted by Crippen LogP contribution is 2.24. The molecule has 1 aromatic carbocycles. The van der Waals surface area contributed by atoms with Gasteiger partial charge >= 0.3 is 6.04 Å². The molecule has 0 unspecified atom stereocenters. The van der Waals surface area contributed by atoms with Crippen molar-refractivity contribution >= 4 is 17.8 Å². The van der Waals surface area contributed by atoms with Gasteiger partial charge in [0.15, 0.2) is 0 Å². The lowest BCUT2D eigenvalue weighted by molar-refractivity contribution is 0.0835. The Labute approximate surface area is 100 Å². The van der Waals surface area contributed by atoms with Crippen molar-refractivity contribution in [2.75, 3.05) is 5.75 Å². The predicted octanol–water partition coefficient (Wildman–Crippen LogP) is 4.08. The molecule has 0 heterocycles. The third-order valence-corrected chi connectivity index (χ3v) is 3.61. The van der Waals surface area contributed by atoms with Gasteiger partial charge in [0.2, 0.25) is 0 Å². The highest BCUT2D eigenvalue weighted by Gasteiger charge is 2.13. The van der Waals surface area contributed by atoms with Crippen LogP contribution in [0.1, 0.15) is 36.7 Å². The van der Waals surface area contributed by atoms with Gasteiger partial charge in [0.05, 0.1) is 5.56 Å². The third kappa shape index (κ3) is 4.35. The molecule has 3 heteroatoms. The first-order valence-electron chi connectivity index (χ1n) is 5.25. The summed E-state index contributed by atoms with van der Waals surface area (Å²) in [4.78, 5) is 10.8. The van der Waals surface area contributed by atoms with E-state index in [1.807, 2.05) is 12.1 Å². The van der Waals surface area contributed by atoms with Crippen LogP contribution in [-0.2, 0) is 5.75 Å². The standard InChI is InChI=1S/C13H17FOS/c1-13(2,3)9-16-8-10-6-4-5-7-11(10)12(14)15/h4-7H,8-9H2,1-3H3. The van der Waals surface area contributed by atoms with Crippen LogP contribution in [0, 0.1) is 5.41 Å². The molecule has 0 aliphatic carbocycles. The molecule has 1 rings (SSSR count). The average molecular weight is 240 g/mol. The fraction of sp³-hybridized carbons (Fsp3) is 0.462. The summed E-state index contributed by atoms with van der Waals surface area (Å²) in [6.45, 7) is 6.48. The summed E-state index contributed by atoms with van der Waals surface area (Å²) in [5, 5.41) is 0. The second-order valence-corrected chi connectivity index (χ2v) is 5.97. The van der Waals surface area contributed by atoms with Crippen molar-refractivity contribution in [3.8, 4) is 0 Å². The zero-order valence-electron chi connectivity index (χ0n) is 9.92. The number of halogens is 1. The van der Waals surface area contributed by atoms with E-state index in [2.05, 4.69) is 20.8 Å². The highest BCUT2D eigenvalue weighted by molar-refractivity contribution is 7.98. The molecule has 0 radical (unpaired) electrons. The summed E-state index contributed by atoms with van der Waals surface area (Å²) >= 11 is 1.73. The largest absolute Gasteiger partial charge is 0.332 e. The third-order valence-electron chi connectivity index (χ3n) is 2.02. The lowest BCUT2D eigenvalue weighted by Crippen LogP contribution is -2.08. The topological polar surface area (TPSA) is 17.1 Å². The molecular formula is C13H17FOS. The zero-order valence-corrected chi connectivity index (χ0v) is 10.7. The molecular weight excluding hydrogens is 223 g/mol. The maximum Gasteiger partial charge on any atom is 0.332 e. The molecule has 0 aromatic heterocycles. The van der Waals surface area contributed by atoms with Crippen molar-refractivity contribution in [2.24, 2.45) is 5.41 Å². The second kappa shape index (κ2) is 5.48. The number of carbonyl (C=O) groups excluding carboxylic acids is 1. The molecule has 0 saturated heterocycles. The number of benzene rings is 1. The van der Waals surface area contributed by atoms with Crippen LogP contribution < -0.4 is 0 Å². The quantitative estimate of drug-likeness (QED) is 0.738. The Balaban J connectivity index is 2.64. The molecule has 16 heavy (non-hydrogen) atoms. The zero-order chi connectivity index (χ0) is 12.2. The van der Waals surface area contributed by atoms with Crippen LogP contribution in [0.25, 0.3) is 0 Å². The second-order valence-electron chi connectivity index (χ2n) is 4.98. The minimum atomic E-state index is -1.34. The average Bonchev–Trinajstić information content (AvgIpc) is 2.16. The lowest BCUT2D eigenvalue weighted by atomic mass is 10.0. The fourth-order valence-electron chi connectivity index (χ4n) is 1.31. The fourth-order valence-corrected chi connectivity index (χ4v) is 2.49. The highest BCUT2D eigenvalue weighted by atomic mass is 32.2. The number of rotatable bonds is 4. The van der Waals surface area contributed by atoms with Crippen LogP contribution in [0.3, 0.4) is 0 Å². The molecule has 0 atom stereocenters. The van der Waals surface area contributed by atoms with Gasteiger partial charge in [0.25, 0.3) is 0 Å². The first-order chi connectivity index (χ1) is 7.40. The minimum absolute atomic E-state index is 0.198. The number of carbonyl (C=O) groups is 1. The van der Waals surface area contributed by atoms with E-state index in [0.717, 1.165) is 11.3 Å². The van der Waals surface area contributed by atoms with E-state index in [-0.39, 0.29) is 11.0 Å². The molecule has 88 valence electrons. The van der Waals surface area contributed by atoms with Crippen LogP contribution in [0.4, 0.5) is 4.39 Å². The maximum atomic E-state index is 12.7. The predicted molar refractivity (Wildman–Crippen MR) is 67.5 cm³/mol. The first kappa shape index (κ1) is 13.2. The summed E-state index contributed by atoms with van der Waals surface area (Å²) in [5.41, 5.74) is 1.23. The minimum Gasteiger partial charge on any atom is -0.255 e. The molecule has 0 fully saturated rings. The SMILES string of the molecule is CC(C)(C)CSCc1ccccc1C(=O)F. The molecule has 0 spiro atoms. The Bertz CT molecular complexity index is 368. The van der Waals surface area contributed by atoms with E-state index >= 15 is 0 Å². The smallest absolute Gasteiger partial charge is 0.255 e. The molecule has 0 aliphatic heterocycles. The van der Waals surface area contributed by atoms with Crippen LogP contribution in [0.5, 0.6) is 0 Å². The molecule has 0 bridgehead atoms. The number of hydrogen-bond donors (Lipinski definition) is 0. The van der Waals surface area contributed by atoms with Crippen molar-refractivity contribution in [1.82, 2.24) is 0 Å². The first-order valence-corrected chi connectivity index (χ1v) is 6.41. The summed E-state index contributed by atoms with van der Waals surface area (Å²) in [6, 6.07) is 5.52. The molecule has 1 nitrogen and oxygen atoms in total. The normalized spacial score (nSPS) is 11.5. The van der Waals surface area contributed by atoms with Crippen molar-refractivity contribution < 1.29 is 9.18 Å². The molecule has 0 aliphatic rings. The number of thioether (sulfide) groups is 1.